The minimum atomic E-state index is -0.487. The molecule has 10 heteroatoms. The molecule has 0 aliphatic rings. The van der Waals surface area contributed by atoms with Crippen LogP contribution in [0.25, 0.3) is 0 Å². The number of nitrogens with one attached hydrogen (secondary N) is 1. The quantitative estimate of drug-likeness (QED) is 0.254. The Labute approximate surface area is 225 Å². The summed E-state index contributed by atoms with van der Waals surface area (Å²) in [4.78, 5) is 31.9. The molecule has 212 valence electrons. The summed E-state index contributed by atoms with van der Waals surface area (Å²) in [5.41, 5.74) is 6.57. The zero-order chi connectivity index (χ0) is 29.2. The van der Waals surface area contributed by atoms with E-state index in [2.05, 4.69) is 10.1 Å². The average Bonchev–Trinajstić information content (AvgIpc) is 2.82. The van der Waals surface area contributed by atoms with Crippen LogP contribution >= 0.6 is 0 Å². The second-order valence-corrected chi connectivity index (χ2v) is 9.79. The third-order valence-corrected chi connectivity index (χ3v) is 3.99. The van der Waals surface area contributed by atoms with Gasteiger partial charge in [0.05, 0.1) is 6.61 Å². The SMILES string of the molecule is CC(C)(C)OC(=O)NCc1ccc(O)cc1.CC(C)(C)OC=O.CCOC(=O)COc1ccc(CN)cc1. The van der Waals surface area contributed by atoms with Gasteiger partial charge in [-0.2, -0.15) is 0 Å². The van der Waals surface area contributed by atoms with Crippen LogP contribution in [0.4, 0.5) is 4.79 Å². The molecule has 0 spiro atoms. The van der Waals surface area contributed by atoms with Crippen LogP contribution in [0.2, 0.25) is 0 Å². The van der Waals surface area contributed by atoms with E-state index in [0.29, 0.717) is 31.9 Å². The van der Waals surface area contributed by atoms with E-state index in [4.69, 9.17) is 25.1 Å². The van der Waals surface area contributed by atoms with Gasteiger partial charge in [-0.25, -0.2) is 9.59 Å². The van der Waals surface area contributed by atoms with Crippen molar-refractivity contribution in [1.29, 1.82) is 0 Å². The second-order valence-electron chi connectivity index (χ2n) is 9.79. The molecule has 0 heterocycles. The average molecular weight is 535 g/mol. The molecule has 2 aromatic rings. The summed E-state index contributed by atoms with van der Waals surface area (Å²) in [5.74, 6) is 0.488. The molecule has 0 atom stereocenters. The Kier molecular flexibility index (Phi) is 15.9. The van der Waals surface area contributed by atoms with Gasteiger partial charge in [0.25, 0.3) is 6.47 Å². The van der Waals surface area contributed by atoms with Gasteiger partial charge in [-0.15, -0.1) is 0 Å². The zero-order valence-corrected chi connectivity index (χ0v) is 23.4. The maximum Gasteiger partial charge on any atom is 0.407 e. The number of esters is 1. The fourth-order valence-corrected chi connectivity index (χ4v) is 2.31. The van der Waals surface area contributed by atoms with E-state index >= 15 is 0 Å². The van der Waals surface area contributed by atoms with Gasteiger partial charge in [0.1, 0.15) is 22.7 Å². The third kappa shape index (κ3) is 19.4. The topological polar surface area (TPSA) is 146 Å². The molecular formula is C28H42N2O8. The summed E-state index contributed by atoms with van der Waals surface area (Å²) in [7, 11) is 0. The number of carbonyl (C=O) groups is 3. The summed E-state index contributed by atoms with van der Waals surface area (Å²) in [6.07, 6.45) is -0.444. The van der Waals surface area contributed by atoms with Crippen molar-refractivity contribution in [2.75, 3.05) is 13.2 Å². The fourth-order valence-electron chi connectivity index (χ4n) is 2.31. The lowest BCUT2D eigenvalue weighted by Crippen LogP contribution is -2.32. The van der Waals surface area contributed by atoms with E-state index < -0.39 is 11.7 Å². The number of amides is 1. The Morgan fingerprint density at radius 2 is 1.47 bits per heavy atom. The number of phenolic OH excluding ortho intramolecular Hbond substituents is 1. The van der Waals surface area contributed by atoms with Gasteiger partial charge in [0.2, 0.25) is 0 Å². The highest BCUT2D eigenvalue weighted by molar-refractivity contribution is 5.71. The highest BCUT2D eigenvalue weighted by Crippen LogP contribution is 2.12. The first kappa shape index (κ1) is 34.2. The van der Waals surface area contributed by atoms with E-state index in [1.54, 1.807) is 43.3 Å². The van der Waals surface area contributed by atoms with E-state index in [1.807, 2.05) is 53.7 Å². The highest BCUT2D eigenvalue weighted by Gasteiger charge is 2.15. The number of ether oxygens (including phenoxy) is 4. The summed E-state index contributed by atoms with van der Waals surface area (Å²) in [5, 5.41) is 11.7. The summed E-state index contributed by atoms with van der Waals surface area (Å²) >= 11 is 0. The Bertz CT molecular complexity index is 947. The predicted octanol–water partition coefficient (Wildman–Crippen LogP) is 4.46. The molecule has 0 saturated carbocycles. The molecule has 1 amide bonds. The number of hydrogen-bond acceptors (Lipinski definition) is 9. The molecule has 0 bridgehead atoms. The van der Waals surface area contributed by atoms with Crippen molar-refractivity contribution in [3.05, 3.63) is 59.7 Å². The van der Waals surface area contributed by atoms with Crippen LogP contribution in [-0.4, -0.2) is 48.1 Å². The fraction of sp³-hybridized carbons (Fsp3) is 0.464. The predicted molar refractivity (Wildman–Crippen MR) is 145 cm³/mol. The molecule has 0 aliphatic carbocycles. The van der Waals surface area contributed by atoms with E-state index in [-0.39, 0.29) is 23.9 Å². The zero-order valence-electron chi connectivity index (χ0n) is 23.4. The number of nitrogens with two attached hydrogens (primary N) is 1. The smallest absolute Gasteiger partial charge is 0.407 e. The summed E-state index contributed by atoms with van der Waals surface area (Å²) in [6.45, 7) is 14.3. The Morgan fingerprint density at radius 3 is 1.89 bits per heavy atom. The minimum absolute atomic E-state index is 0.0597. The monoisotopic (exact) mass is 534 g/mol. The maximum atomic E-state index is 11.3. The molecule has 10 nitrogen and oxygen atoms in total. The lowest BCUT2D eigenvalue weighted by atomic mass is 10.2. The van der Waals surface area contributed by atoms with Crippen LogP contribution in [0.5, 0.6) is 11.5 Å². The summed E-state index contributed by atoms with van der Waals surface area (Å²) in [6, 6.07) is 13.9. The van der Waals surface area contributed by atoms with Crippen molar-refractivity contribution in [2.45, 2.75) is 72.8 Å². The molecule has 0 aromatic heterocycles. The number of benzene rings is 2. The van der Waals surface area contributed by atoms with Crippen LogP contribution in [0.3, 0.4) is 0 Å². The largest absolute Gasteiger partial charge is 0.508 e. The standard InChI is InChI=1S/C12H17NO3.C11H15NO3.C5H10O2/c1-12(2,3)16-11(15)13-8-9-4-6-10(14)7-5-9;1-2-14-11(13)8-15-10-5-3-9(7-12)4-6-10;1-5(2,3)7-4-6/h4-7,14H,8H2,1-3H3,(H,13,15);3-6H,2,7-8,12H2,1H3;4H,1-3H3. The van der Waals surface area contributed by atoms with Gasteiger partial charge in [0.15, 0.2) is 6.61 Å². The van der Waals surface area contributed by atoms with Gasteiger partial charge >= 0.3 is 12.1 Å². The van der Waals surface area contributed by atoms with Gasteiger partial charge in [-0.1, -0.05) is 24.3 Å². The van der Waals surface area contributed by atoms with Crippen molar-refractivity contribution in [1.82, 2.24) is 5.32 Å². The van der Waals surface area contributed by atoms with Crippen LogP contribution in [0.1, 0.15) is 59.6 Å². The van der Waals surface area contributed by atoms with E-state index in [0.717, 1.165) is 11.1 Å². The van der Waals surface area contributed by atoms with Gasteiger partial charge < -0.3 is 35.1 Å². The van der Waals surface area contributed by atoms with Crippen molar-refractivity contribution in [2.24, 2.45) is 5.73 Å². The van der Waals surface area contributed by atoms with Gasteiger partial charge in [0, 0.05) is 13.1 Å². The highest BCUT2D eigenvalue weighted by atomic mass is 16.6. The van der Waals surface area contributed by atoms with Crippen molar-refractivity contribution >= 4 is 18.5 Å². The van der Waals surface area contributed by atoms with Crippen molar-refractivity contribution in [3.8, 4) is 11.5 Å². The van der Waals surface area contributed by atoms with Crippen LogP contribution < -0.4 is 15.8 Å². The number of rotatable bonds is 8. The maximum absolute atomic E-state index is 11.3. The second kappa shape index (κ2) is 17.6. The molecule has 0 saturated heterocycles. The van der Waals surface area contributed by atoms with Crippen molar-refractivity contribution in [3.63, 3.8) is 0 Å². The first-order valence-corrected chi connectivity index (χ1v) is 12.1. The molecule has 2 rings (SSSR count). The first-order valence-electron chi connectivity index (χ1n) is 12.1. The number of carbonyl (C=O) groups excluding carboxylic acids is 3. The normalized spacial score (nSPS) is 10.4. The molecular weight excluding hydrogens is 492 g/mol. The number of alkyl carbamates (subject to hydrolysis) is 1. The minimum Gasteiger partial charge on any atom is -0.508 e. The van der Waals surface area contributed by atoms with Crippen molar-refractivity contribution < 1.29 is 38.4 Å². The molecule has 2 aromatic carbocycles. The summed E-state index contributed by atoms with van der Waals surface area (Å²) < 4.78 is 19.6. The molecule has 0 unspecified atom stereocenters. The van der Waals surface area contributed by atoms with Crippen LogP contribution in [-0.2, 0) is 36.9 Å². The Morgan fingerprint density at radius 1 is 0.921 bits per heavy atom. The van der Waals surface area contributed by atoms with E-state index in [1.165, 1.54) is 0 Å². The molecule has 4 N–H and O–H groups in total. The van der Waals surface area contributed by atoms with Gasteiger partial charge in [-0.05, 0) is 83.9 Å². The lowest BCUT2D eigenvalue weighted by Gasteiger charge is -2.19. The molecule has 38 heavy (non-hydrogen) atoms. The molecule has 0 radical (unpaired) electrons. The van der Waals surface area contributed by atoms with Crippen LogP contribution in [0, 0.1) is 0 Å². The number of hydrogen-bond donors (Lipinski definition) is 3. The van der Waals surface area contributed by atoms with Gasteiger partial charge in [-0.3, -0.25) is 4.79 Å². The van der Waals surface area contributed by atoms with E-state index in [9.17, 15) is 14.4 Å². The number of aromatic hydroxyl groups is 1. The van der Waals surface area contributed by atoms with Crippen LogP contribution in [0.15, 0.2) is 48.5 Å². The Hall–Kier alpha value is -3.79. The lowest BCUT2D eigenvalue weighted by molar-refractivity contribution is -0.145. The molecule has 0 aliphatic heterocycles. The number of phenols is 1. The Balaban J connectivity index is 0.000000582. The molecule has 0 fully saturated rings. The first-order chi connectivity index (χ1) is 17.7. The third-order valence-electron chi connectivity index (χ3n) is 3.99.